The highest BCUT2D eigenvalue weighted by atomic mass is 32.1. The Morgan fingerprint density at radius 1 is 1.03 bits per heavy atom. The van der Waals surface area contributed by atoms with E-state index in [1.54, 1.807) is 6.20 Å². The van der Waals surface area contributed by atoms with Crippen LogP contribution in [-0.2, 0) is 10.3 Å². The fourth-order valence-corrected chi connectivity index (χ4v) is 4.89. The molecule has 5 rings (SSSR count). The SMILES string of the molecule is CC(C)(C)n1ccc(C2C(c3ccccn3)NC(=S)N2c2ccc(NC(=O)COc3ccccc3)cc2)c1. The lowest BCUT2D eigenvalue weighted by atomic mass is 9.98. The summed E-state index contributed by atoms with van der Waals surface area (Å²) in [4.78, 5) is 19.2. The molecule has 38 heavy (non-hydrogen) atoms. The molecule has 2 N–H and O–H groups in total. The van der Waals surface area contributed by atoms with Crippen molar-refractivity contribution in [3.8, 4) is 5.75 Å². The summed E-state index contributed by atoms with van der Waals surface area (Å²) in [5.74, 6) is 0.429. The summed E-state index contributed by atoms with van der Waals surface area (Å²) in [6, 6.07) is 24.8. The molecule has 0 bridgehead atoms. The van der Waals surface area contributed by atoms with E-state index in [1.165, 1.54) is 0 Å². The number of aromatic nitrogens is 2. The van der Waals surface area contributed by atoms with E-state index < -0.39 is 0 Å². The van der Waals surface area contributed by atoms with Crippen LogP contribution in [0.1, 0.15) is 44.1 Å². The highest BCUT2D eigenvalue weighted by Crippen LogP contribution is 2.42. The van der Waals surface area contributed by atoms with Crippen LogP contribution in [-0.4, -0.2) is 27.2 Å². The van der Waals surface area contributed by atoms with Gasteiger partial charge in [-0.05, 0) is 93.1 Å². The third-order valence-electron chi connectivity index (χ3n) is 6.47. The molecule has 3 heterocycles. The predicted octanol–water partition coefficient (Wildman–Crippen LogP) is 5.83. The molecule has 1 aliphatic rings. The number of nitrogens with one attached hydrogen (secondary N) is 2. The standard InChI is InChI=1S/C30H31N5O2S/c1-30(2,3)34-18-16-21(19-34)28-27(25-11-7-8-17-31-25)33-29(38)35(28)23-14-12-22(13-15-23)32-26(36)20-37-24-9-5-4-6-10-24/h4-19,27-28H,20H2,1-3H3,(H,32,36)(H,33,38). The number of hydrogen-bond acceptors (Lipinski definition) is 4. The zero-order valence-corrected chi connectivity index (χ0v) is 22.5. The largest absolute Gasteiger partial charge is 0.484 e. The Hall–Kier alpha value is -4.17. The number of pyridine rings is 1. The molecule has 1 amide bonds. The van der Waals surface area contributed by atoms with Crippen LogP contribution in [0, 0.1) is 0 Å². The van der Waals surface area contributed by atoms with Crippen LogP contribution in [0.15, 0.2) is 97.5 Å². The van der Waals surface area contributed by atoms with Crippen LogP contribution in [0.25, 0.3) is 0 Å². The summed E-state index contributed by atoms with van der Waals surface area (Å²) in [7, 11) is 0. The number of carbonyl (C=O) groups excluding carboxylic acids is 1. The number of benzene rings is 2. The van der Waals surface area contributed by atoms with Gasteiger partial charge < -0.3 is 24.8 Å². The minimum absolute atomic E-state index is 0.0415. The van der Waals surface area contributed by atoms with E-state index in [0.717, 1.165) is 16.9 Å². The summed E-state index contributed by atoms with van der Waals surface area (Å²) in [6.45, 7) is 6.48. The first kappa shape index (κ1) is 25.5. The normalized spacial score (nSPS) is 17.2. The third kappa shape index (κ3) is 5.55. The van der Waals surface area contributed by atoms with E-state index >= 15 is 0 Å². The smallest absolute Gasteiger partial charge is 0.262 e. The lowest BCUT2D eigenvalue weighted by Gasteiger charge is -2.28. The van der Waals surface area contributed by atoms with Crippen molar-refractivity contribution in [3.63, 3.8) is 0 Å². The van der Waals surface area contributed by atoms with Crippen LogP contribution in [0.5, 0.6) is 5.75 Å². The van der Waals surface area contributed by atoms with Crippen molar-refractivity contribution >= 4 is 34.6 Å². The van der Waals surface area contributed by atoms with Crippen LogP contribution in [0.3, 0.4) is 0 Å². The minimum Gasteiger partial charge on any atom is -0.484 e. The van der Waals surface area contributed by atoms with Gasteiger partial charge in [0.2, 0.25) is 0 Å². The number of thiocarbonyl (C=S) groups is 1. The Balaban J connectivity index is 1.37. The lowest BCUT2D eigenvalue weighted by molar-refractivity contribution is -0.118. The molecule has 0 aliphatic carbocycles. The zero-order chi connectivity index (χ0) is 26.7. The molecular formula is C30H31N5O2S. The maximum atomic E-state index is 12.4. The summed E-state index contributed by atoms with van der Waals surface area (Å²) in [5, 5.41) is 7.02. The minimum atomic E-state index is -0.225. The third-order valence-corrected chi connectivity index (χ3v) is 6.79. The van der Waals surface area contributed by atoms with Gasteiger partial charge in [-0.15, -0.1) is 0 Å². The summed E-state index contributed by atoms with van der Waals surface area (Å²) in [5.41, 5.74) is 3.63. The van der Waals surface area contributed by atoms with Crippen molar-refractivity contribution in [3.05, 3.63) is 109 Å². The van der Waals surface area contributed by atoms with Crippen molar-refractivity contribution in [1.82, 2.24) is 14.9 Å². The average Bonchev–Trinajstić information content (AvgIpc) is 3.54. The van der Waals surface area contributed by atoms with Gasteiger partial charge in [-0.1, -0.05) is 24.3 Å². The Kier molecular flexibility index (Phi) is 7.15. The molecule has 0 spiro atoms. The van der Waals surface area contributed by atoms with Crippen molar-refractivity contribution < 1.29 is 9.53 Å². The van der Waals surface area contributed by atoms with Gasteiger partial charge in [0.25, 0.3) is 5.91 Å². The number of ether oxygens (including phenoxy) is 1. The highest BCUT2D eigenvalue weighted by Gasteiger charge is 2.41. The molecule has 1 fully saturated rings. The summed E-state index contributed by atoms with van der Waals surface area (Å²) < 4.78 is 7.76. The molecule has 4 aromatic rings. The van der Waals surface area contributed by atoms with Gasteiger partial charge in [-0.2, -0.15) is 0 Å². The van der Waals surface area contributed by atoms with E-state index in [9.17, 15) is 4.79 Å². The van der Waals surface area contributed by atoms with Crippen molar-refractivity contribution in [1.29, 1.82) is 0 Å². The maximum absolute atomic E-state index is 12.4. The Labute approximate surface area is 228 Å². The molecule has 1 aliphatic heterocycles. The second kappa shape index (κ2) is 10.7. The molecule has 7 nitrogen and oxygen atoms in total. The van der Waals surface area contributed by atoms with Crippen molar-refractivity contribution in [2.75, 3.05) is 16.8 Å². The fourth-order valence-electron chi connectivity index (χ4n) is 4.55. The van der Waals surface area contributed by atoms with Gasteiger partial charge >= 0.3 is 0 Å². The average molecular weight is 526 g/mol. The summed E-state index contributed by atoms with van der Waals surface area (Å²) >= 11 is 5.83. The molecule has 8 heteroatoms. The van der Waals surface area contributed by atoms with Gasteiger partial charge in [0.15, 0.2) is 11.7 Å². The molecule has 1 saturated heterocycles. The van der Waals surface area contributed by atoms with Crippen LogP contribution >= 0.6 is 12.2 Å². The van der Waals surface area contributed by atoms with Crippen molar-refractivity contribution in [2.24, 2.45) is 0 Å². The van der Waals surface area contributed by atoms with E-state index in [-0.39, 0.29) is 30.1 Å². The second-order valence-corrected chi connectivity index (χ2v) is 10.6. The van der Waals surface area contributed by atoms with E-state index in [2.05, 4.69) is 64.3 Å². The van der Waals surface area contributed by atoms with Crippen molar-refractivity contribution in [2.45, 2.75) is 38.4 Å². The first-order chi connectivity index (χ1) is 18.3. The first-order valence-electron chi connectivity index (χ1n) is 12.6. The zero-order valence-electron chi connectivity index (χ0n) is 21.7. The predicted molar refractivity (Wildman–Crippen MR) is 154 cm³/mol. The lowest BCUT2D eigenvalue weighted by Crippen LogP contribution is -2.29. The molecule has 2 aromatic carbocycles. The Morgan fingerprint density at radius 3 is 2.42 bits per heavy atom. The second-order valence-electron chi connectivity index (χ2n) is 10.2. The number of anilines is 2. The molecule has 2 atom stereocenters. The Bertz CT molecular complexity index is 1400. The molecule has 2 unspecified atom stereocenters. The van der Waals surface area contributed by atoms with Crippen LogP contribution in [0.4, 0.5) is 11.4 Å². The number of rotatable bonds is 7. The molecule has 0 radical (unpaired) electrons. The van der Waals surface area contributed by atoms with Gasteiger partial charge in [-0.25, -0.2) is 0 Å². The number of nitrogens with zero attached hydrogens (tertiary/aromatic N) is 3. The van der Waals surface area contributed by atoms with Crippen LogP contribution in [0.2, 0.25) is 0 Å². The van der Waals surface area contributed by atoms with Gasteiger partial charge in [0.05, 0.1) is 17.8 Å². The Morgan fingerprint density at radius 2 is 1.76 bits per heavy atom. The van der Waals surface area contributed by atoms with Gasteiger partial charge in [0, 0.05) is 35.5 Å². The van der Waals surface area contributed by atoms with Crippen LogP contribution < -0.4 is 20.3 Å². The maximum Gasteiger partial charge on any atom is 0.262 e. The quantitative estimate of drug-likeness (QED) is 0.296. The number of hydrogen-bond donors (Lipinski definition) is 2. The topological polar surface area (TPSA) is 71.4 Å². The molecule has 2 aromatic heterocycles. The van der Waals surface area contributed by atoms with Gasteiger partial charge in [-0.3, -0.25) is 9.78 Å². The van der Waals surface area contributed by atoms with E-state index in [0.29, 0.717) is 16.5 Å². The fraction of sp³-hybridized carbons (Fsp3) is 0.233. The van der Waals surface area contributed by atoms with E-state index in [1.807, 2.05) is 72.8 Å². The molecular weight excluding hydrogens is 494 g/mol. The van der Waals surface area contributed by atoms with E-state index in [4.69, 9.17) is 17.0 Å². The molecule has 194 valence electrons. The monoisotopic (exact) mass is 525 g/mol. The first-order valence-corrected chi connectivity index (χ1v) is 13.0. The highest BCUT2D eigenvalue weighted by molar-refractivity contribution is 7.80. The molecule has 0 saturated carbocycles. The summed E-state index contributed by atoms with van der Waals surface area (Å²) in [6.07, 6.45) is 6.10. The number of para-hydroxylation sites is 1. The van der Waals surface area contributed by atoms with Gasteiger partial charge in [0.1, 0.15) is 5.75 Å². The number of amides is 1. The number of carbonyl (C=O) groups is 1.